The summed E-state index contributed by atoms with van der Waals surface area (Å²) in [5.41, 5.74) is 5.97. The van der Waals surface area contributed by atoms with E-state index in [0.717, 1.165) is 16.8 Å². The Morgan fingerprint density at radius 3 is 2.07 bits per heavy atom. The van der Waals surface area contributed by atoms with Gasteiger partial charge in [-0.15, -0.1) is 23.8 Å². The SMILES string of the molecule is CC(C)C(=O)/C=C(\O)C(C)C.CC(C)c1cc(-c2[c-]ccc3c2sc2c(C(C)C)cccc23)nc2ccccc12.[Ir]. The first-order valence-electron chi connectivity index (χ1n) is 14.2. The molecule has 0 spiro atoms. The summed E-state index contributed by atoms with van der Waals surface area (Å²) in [5.74, 6) is 1.11. The maximum atomic E-state index is 11.0. The molecule has 2 heterocycles. The Balaban J connectivity index is 0.000000331. The molecular formula is C36H40IrNO2S-. The molecule has 0 aliphatic carbocycles. The molecule has 0 aliphatic rings. The van der Waals surface area contributed by atoms with Crippen LogP contribution in [0.25, 0.3) is 42.3 Å². The summed E-state index contributed by atoms with van der Waals surface area (Å²) in [6, 6.07) is 25.2. The molecule has 0 amide bonds. The second-order valence-corrected chi connectivity index (χ2v) is 12.6. The third-order valence-corrected chi connectivity index (χ3v) is 8.48. The van der Waals surface area contributed by atoms with Crippen molar-refractivity contribution < 1.29 is 30.0 Å². The molecule has 0 aliphatic heterocycles. The van der Waals surface area contributed by atoms with Gasteiger partial charge < -0.3 is 5.11 Å². The minimum atomic E-state index is -0.0316. The van der Waals surface area contributed by atoms with E-state index in [1.807, 2.05) is 39.0 Å². The largest absolute Gasteiger partial charge is 0.512 e. The van der Waals surface area contributed by atoms with Crippen LogP contribution in [-0.2, 0) is 24.9 Å². The van der Waals surface area contributed by atoms with Crippen molar-refractivity contribution in [2.75, 3.05) is 0 Å². The van der Waals surface area contributed by atoms with Crippen LogP contribution in [0.15, 0.2) is 72.5 Å². The summed E-state index contributed by atoms with van der Waals surface area (Å²) in [6.07, 6.45) is 1.31. The smallest absolute Gasteiger partial charge is 0.161 e. The van der Waals surface area contributed by atoms with E-state index in [2.05, 4.69) is 94.4 Å². The molecule has 1 radical (unpaired) electrons. The second-order valence-electron chi connectivity index (χ2n) is 11.6. The zero-order valence-corrected chi connectivity index (χ0v) is 28.4. The van der Waals surface area contributed by atoms with Crippen LogP contribution < -0.4 is 0 Å². The number of ketones is 1. The molecule has 0 saturated carbocycles. The Kier molecular flexibility index (Phi) is 11.1. The van der Waals surface area contributed by atoms with Crippen LogP contribution in [0.5, 0.6) is 0 Å². The van der Waals surface area contributed by atoms with Crippen molar-refractivity contribution in [3.63, 3.8) is 0 Å². The Labute approximate surface area is 262 Å². The van der Waals surface area contributed by atoms with Crippen molar-refractivity contribution in [3.8, 4) is 11.3 Å². The number of rotatable bonds is 6. The first-order chi connectivity index (χ1) is 19.0. The number of aliphatic hydroxyl groups is 1. The molecule has 5 heteroatoms. The number of hydrogen-bond donors (Lipinski definition) is 1. The van der Waals surface area contributed by atoms with Gasteiger partial charge in [-0.3, -0.25) is 9.78 Å². The Morgan fingerprint density at radius 1 is 0.805 bits per heavy atom. The molecule has 5 aromatic rings. The van der Waals surface area contributed by atoms with E-state index in [-0.39, 0.29) is 43.5 Å². The summed E-state index contributed by atoms with van der Waals surface area (Å²) in [5, 5.41) is 13.1. The van der Waals surface area contributed by atoms with Gasteiger partial charge in [0.15, 0.2) is 5.78 Å². The number of nitrogens with zero attached hydrogens (tertiary/aromatic N) is 1. The maximum absolute atomic E-state index is 11.0. The van der Waals surface area contributed by atoms with E-state index in [1.54, 1.807) is 0 Å². The zero-order chi connectivity index (χ0) is 29.1. The monoisotopic (exact) mass is 743 g/mol. The fraction of sp³-hybridized carbons (Fsp3) is 0.333. The van der Waals surface area contributed by atoms with E-state index in [0.29, 0.717) is 11.8 Å². The predicted octanol–water partition coefficient (Wildman–Crippen LogP) is 10.6. The molecule has 41 heavy (non-hydrogen) atoms. The van der Waals surface area contributed by atoms with Crippen LogP contribution in [-0.4, -0.2) is 15.9 Å². The third kappa shape index (κ3) is 7.14. The number of benzene rings is 3. The van der Waals surface area contributed by atoms with Crippen molar-refractivity contribution in [2.45, 2.75) is 67.2 Å². The Hall–Kier alpha value is -2.85. The van der Waals surface area contributed by atoms with E-state index < -0.39 is 0 Å². The molecule has 217 valence electrons. The van der Waals surface area contributed by atoms with Gasteiger partial charge in [0, 0.05) is 48.1 Å². The Morgan fingerprint density at radius 2 is 1.44 bits per heavy atom. The molecule has 5 rings (SSSR count). The first-order valence-corrected chi connectivity index (χ1v) is 15.0. The molecule has 0 bridgehead atoms. The summed E-state index contributed by atoms with van der Waals surface area (Å²) in [4.78, 5) is 16.1. The molecule has 3 nitrogen and oxygen atoms in total. The van der Waals surface area contributed by atoms with Gasteiger partial charge in [-0.1, -0.05) is 103 Å². The fourth-order valence-corrected chi connectivity index (χ4v) is 6.18. The molecule has 0 fully saturated rings. The Bertz CT molecular complexity index is 1690. The van der Waals surface area contributed by atoms with Crippen molar-refractivity contribution >= 4 is 48.2 Å². The van der Waals surface area contributed by atoms with E-state index in [1.165, 1.54) is 42.8 Å². The number of carbonyl (C=O) groups excluding carboxylic acids is 1. The number of allylic oxidation sites excluding steroid dienone is 2. The quantitative estimate of drug-likeness (QED) is 0.107. The average Bonchev–Trinajstić information content (AvgIpc) is 3.31. The number of para-hydroxylation sites is 1. The van der Waals surface area contributed by atoms with Gasteiger partial charge in [-0.2, -0.15) is 11.3 Å². The van der Waals surface area contributed by atoms with E-state index >= 15 is 0 Å². The number of thiophene rings is 1. The summed E-state index contributed by atoms with van der Waals surface area (Å²) in [7, 11) is 0. The molecule has 0 atom stereocenters. The van der Waals surface area contributed by atoms with Crippen LogP contribution in [0.4, 0.5) is 0 Å². The van der Waals surface area contributed by atoms with Gasteiger partial charge in [0.2, 0.25) is 0 Å². The molecule has 1 N–H and O–H groups in total. The standard InChI is InChI=1S/C27H24NS.C9H16O2.Ir/c1-16(2)18-10-7-11-20-21-12-8-13-22(27(21)29-26(18)20)25-15-23(17(3)4)19-9-5-6-14-24(19)28-25;1-6(2)8(10)5-9(11)7(3)4;/h5-12,14-17H,1-4H3;5-7,10H,1-4H3;/q-1;;/b;8-5-;. The minimum Gasteiger partial charge on any atom is -0.512 e. The number of aromatic nitrogens is 1. The number of aliphatic hydroxyl groups excluding tert-OH is 1. The fourth-order valence-electron chi connectivity index (χ4n) is 4.72. The average molecular weight is 743 g/mol. The number of hydrogen-bond acceptors (Lipinski definition) is 4. The van der Waals surface area contributed by atoms with Gasteiger partial charge in [-0.05, 0) is 44.8 Å². The van der Waals surface area contributed by atoms with Gasteiger partial charge >= 0.3 is 0 Å². The summed E-state index contributed by atoms with van der Waals surface area (Å²) < 4.78 is 2.68. The molecular weight excluding hydrogens is 703 g/mol. The van der Waals surface area contributed by atoms with Crippen LogP contribution in [0, 0.1) is 17.9 Å². The van der Waals surface area contributed by atoms with E-state index in [4.69, 9.17) is 4.98 Å². The predicted molar refractivity (Wildman–Crippen MR) is 172 cm³/mol. The van der Waals surface area contributed by atoms with Crippen molar-refractivity contribution in [3.05, 3.63) is 89.7 Å². The van der Waals surface area contributed by atoms with Gasteiger partial charge in [-0.25, -0.2) is 0 Å². The second kappa shape index (κ2) is 13.9. The summed E-state index contributed by atoms with van der Waals surface area (Å²) in [6.45, 7) is 16.4. The maximum Gasteiger partial charge on any atom is 0.161 e. The molecule has 2 aromatic heterocycles. The third-order valence-electron chi connectivity index (χ3n) is 7.19. The zero-order valence-electron chi connectivity index (χ0n) is 25.2. The summed E-state index contributed by atoms with van der Waals surface area (Å²) >= 11 is 1.89. The number of fused-ring (bicyclic) bond motifs is 4. The molecule has 0 unspecified atom stereocenters. The van der Waals surface area contributed by atoms with Crippen molar-refractivity contribution in [1.29, 1.82) is 0 Å². The topological polar surface area (TPSA) is 50.2 Å². The van der Waals surface area contributed by atoms with Gasteiger partial charge in [0.05, 0.1) is 11.3 Å². The van der Waals surface area contributed by atoms with Crippen LogP contribution in [0.3, 0.4) is 0 Å². The molecule has 3 aromatic carbocycles. The van der Waals surface area contributed by atoms with Gasteiger partial charge in [0.25, 0.3) is 0 Å². The number of pyridine rings is 1. The minimum absolute atomic E-state index is 0. The van der Waals surface area contributed by atoms with Crippen LogP contribution >= 0.6 is 11.3 Å². The van der Waals surface area contributed by atoms with Crippen LogP contribution in [0.1, 0.15) is 78.4 Å². The number of carbonyl (C=O) groups is 1. The van der Waals surface area contributed by atoms with Crippen molar-refractivity contribution in [1.82, 2.24) is 4.98 Å². The normalized spacial score (nSPS) is 12.0. The van der Waals surface area contributed by atoms with Crippen LogP contribution in [0.2, 0.25) is 0 Å². The van der Waals surface area contributed by atoms with Gasteiger partial charge in [0.1, 0.15) is 0 Å². The van der Waals surface area contributed by atoms with E-state index in [9.17, 15) is 9.90 Å². The molecule has 0 saturated heterocycles. The first kappa shape index (κ1) is 32.7. The van der Waals surface area contributed by atoms with Crippen molar-refractivity contribution in [2.24, 2.45) is 11.8 Å².